The van der Waals surface area contributed by atoms with Gasteiger partial charge in [-0.25, -0.2) is 5.01 Å². The molecule has 21 heavy (non-hydrogen) atoms. The number of hydrogen-bond donors (Lipinski definition) is 2. The molecule has 3 aliphatic carbocycles. The summed E-state index contributed by atoms with van der Waals surface area (Å²) in [7, 11) is 2.06. The fourth-order valence-corrected chi connectivity index (χ4v) is 3.84. The first-order valence-corrected chi connectivity index (χ1v) is 7.71. The molecule has 1 amide bonds. The summed E-state index contributed by atoms with van der Waals surface area (Å²) >= 11 is 0. The largest absolute Gasteiger partial charge is 0.481 e. The highest BCUT2D eigenvalue weighted by Crippen LogP contribution is 2.45. The molecule has 4 aliphatic rings. The fraction of sp³-hybridized carbons (Fsp3) is 0.733. The lowest BCUT2D eigenvalue weighted by Crippen LogP contribution is -2.57. The molecule has 2 N–H and O–H groups in total. The summed E-state index contributed by atoms with van der Waals surface area (Å²) in [4.78, 5) is 26.4. The second-order valence-electron chi connectivity index (χ2n) is 6.45. The predicted molar refractivity (Wildman–Crippen MR) is 77.2 cm³/mol. The fourth-order valence-electron chi connectivity index (χ4n) is 3.84. The highest BCUT2D eigenvalue weighted by atomic mass is 16.4. The van der Waals surface area contributed by atoms with Crippen molar-refractivity contribution in [2.45, 2.75) is 12.8 Å². The van der Waals surface area contributed by atoms with E-state index in [9.17, 15) is 14.7 Å². The van der Waals surface area contributed by atoms with Gasteiger partial charge in [-0.3, -0.25) is 15.0 Å². The molecule has 1 saturated heterocycles. The molecule has 116 valence electrons. The zero-order valence-corrected chi connectivity index (χ0v) is 12.4. The van der Waals surface area contributed by atoms with Gasteiger partial charge in [0.1, 0.15) is 0 Å². The van der Waals surface area contributed by atoms with E-state index in [-0.39, 0.29) is 17.7 Å². The Kier molecular flexibility index (Phi) is 3.99. The number of nitrogens with zero attached hydrogens (tertiary/aromatic N) is 2. The molecule has 0 aromatic heterocycles. The number of hydrazine groups is 1. The van der Waals surface area contributed by atoms with Crippen molar-refractivity contribution < 1.29 is 14.7 Å². The minimum atomic E-state index is -0.840. The number of piperazine rings is 1. The van der Waals surface area contributed by atoms with E-state index in [0.717, 1.165) is 39.0 Å². The van der Waals surface area contributed by atoms with Gasteiger partial charge in [-0.05, 0) is 31.7 Å². The van der Waals surface area contributed by atoms with Gasteiger partial charge in [0.15, 0.2) is 0 Å². The van der Waals surface area contributed by atoms with Gasteiger partial charge < -0.3 is 10.0 Å². The standard InChI is InChI=1S/C15H23N3O3/c1-17-6-8-18(9-7-17)16-14(19)12-10-2-4-11(5-3-10)13(12)15(20)21/h2,4,10-13H,3,5-9H2,1H3,(H,16,19)(H,20,21)/t10-,11+,12-,13+/m1/s1. The third-order valence-corrected chi connectivity index (χ3v) is 5.11. The molecule has 1 aliphatic heterocycles. The number of rotatable bonds is 3. The van der Waals surface area contributed by atoms with Crippen molar-refractivity contribution >= 4 is 11.9 Å². The number of fused-ring (bicyclic) bond motifs is 2. The van der Waals surface area contributed by atoms with Crippen LogP contribution in [0.3, 0.4) is 0 Å². The third kappa shape index (κ3) is 2.82. The maximum atomic E-state index is 12.6. The van der Waals surface area contributed by atoms with Crippen molar-refractivity contribution in [3.63, 3.8) is 0 Å². The highest BCUT2D eigenvalue weighted by molar-refractivity contribution is 5.86. The molecule has 1 saturated carbocycles. The van der Waals surface area contributed by atoms with E-state index in [2.05, 4.69) is 17.4 Å². The number of carbonyl (C=O) groups is 2. The maximum Gasteiger partial charge on any atom is 0.307 e. The minimum absolute atomic E-state index is 0.00994. The number of carboxylic acids is 1. The molecular weight excluding hydrogens is 270 g/mol. The summed E-state index contributed by atoms with van der Waals surface area (Å²) in [6.45, 7) is 3.41. The topological polar surface area (TPSA) is 72.9 Å². The molecule has 6 nitrogen and oxygen atoms in total. The lowest BCUT2D eigenvalue weighted by atomic mass is 9.62. The number of allylic oxidation sites excluding steroid dienone is 2. The summed E-state index contributed by atoms with van der Waals surface area (Å²) < 4.78 is 0. The van der Waals surface area contributed by atoms with Crippen LogP contribution in [0.25, 0.3) is 0 Å². The number of aliphatic carboxylic acids is 1. The van der Waals surface area contributed by atoms with Crippen molar-refractivity contribution in [3.8, 4) is 0 Å². The highest BCUT2D eigenvalue weighted by Gasteiger charge is 2.48. The number of amides is 1. The third-order valence-electron chi connectivity index (χ3n) is 5.11. The Bertz CT molecular complexity index is 457. The van der Waals surface area contributed by atoms with Gasteiger partial charge in [-0.1, -0.05) is 12.2 Å². The average Bonchev–Trinajstić information content (AvgIpc) is 2.49. The quantitative estimate of drug-likeness (QED) is 0.726. The number of carbonyl (C=O) groups excluding carboxylic acids is 1. The van der Waals surface area contributed by atoms with E-state index < -0.39 is 17.8 Å². The monoisotopic (exact) mass is 293 g/mol. The van der Waals surface area contributed by atoms with Gasteiger partial charge in [0.2, 0.25) is 5.91 Å². The Morgan fingerprint density at radius 3 is 2.14 bits per heavy atom. The van der Waals surface area contributed by atoms with Crippen LogP contribution in [0, 0.1) is 23.7 Å². The second-order valence-corrected chi connectivity index (χ2v) is 6.45. The van der Waals surface area contributed by atoms with Crippen molar-refractivity contribution in [2.24, 2.45) is 23.7 Å². The summed E-state index contributed by atoms with van der Waals surface area (Å²) in [6.07, 6.45) is 5.84. The van der Waals surface area contributed by atoms with Crippen molar-refractivity contribution in [1.29, 1.82) is 0 Å². The van der Waals surface area contributed by atoms with E-state index >= 15 is 0 Å². The van der Waals surface area contributed by atoms with Gasteiger partial charge in [-0.2, -0.15) is 0 Å². The van der Waals surface area contributed by atoms with E-state index in [1.807, 2.05) is 17.2 Å². The molecule has 0 spiro atoms. The van der Waals surface area contributed by atoms with Gasteiger partial charge in [0, 0.05) is 26.2 Å². The van der Waals surface area contributed by atoms with Crippen LogP contribution in [0.4, 0.5) is 0 Å². The Hall–Kier alpha value is -1.40. The maximum absolute atomic E-state index is 12.6. The molecule has 6 heteroatoms. The van der Waals surface area contributed by atoms with E-state index in [1.54, 1.807) is 0 Å². The molecule has 1 heterocycles. The number of carboxylic acid groups (broad SMARTS) is 1. The molecule has 4 rings (SSSR count). The zero-order chi connectivity index (χ0) is 15.0. The van der Waals surface area contributed by atoms with Crippen LogP contribution in [0.2, 0.25) is 0 Å². The molecule has 0 aromatic carbocycles. The van der Waals surface area contributed by atoms with Crippen LogP contribution in [-0.4, -0.2) is 60.1 Å². The summed E-state index contributed by atoms with van der Waals surface area (Å²) in [6, 6.07) is 0. The molecule has 0 unspecified atom stereocenters. The number of likely N-dealkylation sites (N-methyl/N-ethyl adjacent to an activating group) is 1. The predicted octanol–water partition coefficient (Wildman–Crippen LogP) is 0.178. The molecule has 0 radical (unpaired) electrons. The van der Waals surface area contributed by atoms with E-state index in [0.29, 0.717) is 0 Å². The Morgan fingerprint density at radius 1 is 1.05 bits per heavy atom. The van der Waals surface area contributed by atoms with Crippen molar-refractivity contribution in [1.82, 2.24) is 15.3 Å². The van der Waals surface area contributed by atoms with Crippen LogP contribution in [0.15, 0.2) is 12.2 Å². The number of hydrogen-bond acceptors (Lipinski definition) is 4. The summed E-state index contributed by atoms with van der Waals surface area (Å²) in [5.41, 5.74) is 2.95. The molecular formula is C15H23N3O3. The van der Waals surface area contributed by atoms with Crippen molar-refractivity contribution in [3.05, 3.63) is 12.2 Å². The van der Waals surface area contributed by atoms with Gasteiger partial charge in [-0.15, -0.1) is 0 Å². The van der Waals surface area contributed by atoms with Gasteiger partial charge in [0.25, 0.3) is 0 Å². The molecule has 2 bridgehead atoms. The zero-order valence-electron chi connectivity index (χ0n) is 12.4. The van der Waals surface area contributed by atoms with Gasteiger partial charge >= 0.3 is 5.97 Å². The Morgan fingerprint density at radius 2 is 1.62 bits per heavy atom. The molecule has 0 aromatic rings. The Labute approximate surface area is 124 Å². The van der Waals surface area contributed by atoms with Crippen LogP contribution >= 0.6 is 0 Å². The SMILES string of the molecule is CN1CCN(NC(=O)[C@H]2[C@@H](C(=O)O)[C@H]3C=C[C@@H]2CC3)CC1. The normalized spacial score (nSPS) is 36.6. The molecule has 4 atom stereocenters. The van der Waals surface area contributed by atoms with Crippen LogP contribution in [0.1, 0.15) is 12.8 Å². The lowest BCUT2D eigenvalue weighted by molar-refractivity contribution is -0.154. The van der Waals surface area contributed by atoms with E-state index in [4.69, 9.17) is 0 Å². The van der Waals surface area contributed by atoms with Crippen LogP contribution in [-0.2, 0) is 9.59 Å². The van der Waals surface area contributed by atoms with Crippen molar-refractivity contribution in [2.75, 3.05) is 33.2 Å². The molecule has 2 fully saturated rings. The summed E-state index contributed by atoms with van der Waals surface area (Å²) in [5.74, 6) is -1.87. The Balaban J connectivity index is 1.68. The smallest absolute Gasteiger partial charge is 0.307 e. The van der Waals surface area contributed by atoms with Crippen LogP contribution < -0.4 is 5.43 Å². The van der Waals surface area contributed by atoms with Crippen LogP contribution in [0.5, 0.6) is 0 Å². The first-order chi connectivity index (χ1) is 10.1. The number of nitrogens with one attached hydrogen (secondary N) is 1. The second kappa shape index (κ2) is 5.77. The average molecular weight is 293 g/mol. The first kappa shape index (κ1) is 14.5. The van der Waals surface area contributed by atoms with E-state index in [1.165, 1.54) is 0 Å². The minimum Gasteiger partial charge on any atom is -0.481 e. The summed E-state index contributed by atoms with van der Waals surface area (Å²) in [5, 5.41) is 11.4. The lowest BCUT2D eigenvalue weighted by Gasteiger charge is -2.43. The van der Waals surface area contributed by atoms with Gasteiger partial charge in [0.05, 0.1) is 11.8 Å². The first-order valence-electron chi connectivity index (χ1n) is 7.71.